The van der Waals surface area contributed by atoms with Gasteiger partial charge in [-0.3, -0.25) is 4.79 Å². The number of ketones is 1. The standard InChI is InChI=1S/C24H15NO4S/c26-20(22-12-15-6-1-4-9-21(15)29-22)14-28-24(27)17-13-19(23-10-5-11-30-23)25-18-8-3-2-7-16(17)18/h1-13H,14H2. The molecule has 2 aromatic carbocycles. The first-order valence-electron chi connectivity index (χ1n) is 9.31. The first-order chi connectivity index (χ1) is 14.7. The van der Waals surface area contributed by atoms with E-state index in [2.05, 4.69) is 4.98 Å². The highest BCUT2D eigenvalue weighted by Gasteiger charge is 2.19. The monoisotopic (exact) mass is 413 g/mol. The maximum Gasteiger partial charge on any atom is 0.339 e. The van der Waals surface area contributed by atoms with Crippen molar-refractivity contribution < 1.29 is 18.7 Å². The molecule has 0 spiro atoms. The Kier molecular flexibility index (Phi) is 4.61. The van der Waals surface area contributed by atoms with Gasteiger partial charge in [0.2, 0.25) is 5.78 Å². The number of Topliss-reactive ketones (excluding diaryl/α,β-unsaturated/α-hetero) is 1. The van der Waals surface area contributed by atoms with E-state index in [0.29, 0.717) is 27.7 Å². The van der Waals surface area contributed by atoms with Gasteiger partial charge in [-0.2, -0.15) is 0 Å². The van der Waals surface area contributed by atoms with Crippen LogP contribution in [-0.4, -0.2) is 23.3 Å². The van der Waals surface area contributed by atoms with E-state index in [1.165, 1.54) is 0 Å². The van der Waals surface area contributed by atoms with Crippen LogP contribution < -0.4 is 0 Å². The molecule has 3 heterocycles. The van der Waals surface area contributed by atoms with Crippen LogP contribution in [-0.2, 0) is 4.74 Å². The van der Waals surface area contributed by atoms with Crippen LogP contribution in [0.2, 0.25) is 0 Å². The molecule has 0 aliphatic carbocycles. The molecule has 0 radical (unpaired) electrons. The SMILES string of the molecule is O=C(COC(=O)c1cc(-c2cccs2)nc2ccccc12)c1cc2ccccc2o1. The number of para-hydroxylation sites is 2. The summed E-state index contributed by atoms with van der Waals surface area (Å²) in [5.74, 6) is -0.796. The Morgan fingerprint density at radius 3 is 2.63 bits per heavy atom. The minimum Gasteiger partial charge on any atom is -0.454 e. The molecule has 0 atom stereocenters. The van der Waals surface area contributed by atoms with Gasteiger partial charge in [0.05, 0.1) is 21.7 Å². The topological polar surface area (TPSA) is 69.4 Å². The van der Waals surface area contributed by atoms with E-state index in [1.807, 2.05) is 60.0 Å². The van der Waals surface area contributed by atoms with Crippen LogP contribution >= 0.6 is 11.3 Å². The minimum atomic E-state index is -0.573. The van der Waals surface area contributed by atoms with Crippen molar-refractivity contribution in [2.24, 2.45) is 0 Å². The Balaban J connectivity index is 1.42. The number of esters is 1. The number of hydrogen-bond donors (Lipinski definition) is 0. The summed E-state index contributed by atoms with van der Waals surface area (Å²) >= 11 is 1.54. The van der Waals surface area contributed by atoms with Gasteiger partial charge < -0.3 is 9.15 Å². The molecule has 0 aliphatic heterocycles. The minimum absolute atomic E-state index is 0.169. The molecule has 0 amide bonds. The van der Waals surface area contributed by atoms with Gasteiger partial charge in [0.15, 0.2) is 12.4 Å². The zero-order valence-electron chi connectivity index (χ0n) is 15.7. The van der Waals surface area contributed by atoms with Crippen LogP contribution in [0, 0.1) is 0 Å². The van der Waals surface area contributed by atoms with E-state index in [0.717, 1.165) is 10.3 Å². The highest BCUT2D eigenvalue weighted by molar-refractivity contribution is 7.13. The Labute approximate surface area is 175 Å². The number of hydrogen-bond acceptors (Lipinski definition) is 6. The number of furan rings is 1. The molecule has 5 aromatic rings. The molecular formula is C24H15NO4S. The number of pyridine rings is 1. The van der Waals surface area contributed by atoms with Crippen molar-refractivity contribution in [3.05, 3.63) is 89.5 Å². The lowest BCUT2D eigenvalue weighted by Gasteiger charge is -2.09. The number of benzene rings is 2. The second kappa shape index (κ2) is 7.57. The van der Waals surface area contributed by atoms with Crippen LogP contribution in [0.4, 0.5) is 0 Å². The molecule has 146 valence electrons. The Bertz CT molecular complexity index is 1350. The number of ether oxygens (including phenoxy) is 1. The van der Waals surface area contributed by atoms with E-state index in [-0.39, 0.29) is 5.76 Å². The molecule has 6 heteroatoms. The molecule has 0 saturated carbocycles. The summed E-state index contributed by atoms with van der Waals surface area (Å²) < 4.78 is 10.9. The van der Waals surface area contributed by atoms with Gasteiger partial charge in [-0.05, 0) is 35.7 Å². The van der Waals surface area contributed by atoms with E-state index < -0.39 is 18.4 Å². The molecule has 3 aromatic heterocycles. The molecule has 0 saturated heterocycles. The smallest absolute Gasteiger partial charge is 0.339 e. The van der Waals surface area contributed by atoms with Gasteiger partial charge >= 0.3 is 5.97 Å². The van der Waals surface area contributed by atoms with Crippen molar-refractivity contribution in [3.63, 3.8) is 0 Å². The van der Waals surface area contributed by atoms with Gasteiger partial charge in [0.25, 0.3) is 0 Å². The quantitative estimate of drug-likeness (QED) is 0.271. The molecule has 0 unspecified atom stereocenters. The fourth-order valence-electron chi connectivity index (χ4n) is 3.29. The summed E-state index contributed by atoms with van der Waals surface area (Å²) in [6.45, 7) is -0.399. The van der Waals surface area contributed by atoms with Crippen LogP contribution in [0.5, 0.6) is 0 Å². The molecule has 0 N–H and O–H groups in total. The predicted molar refractivity (Wildman–Crippen MR) is 116 cm³/mol. The Hall–Kier alpha value is -3.77. The Morgan fingerprint density at radius 2 is 1.80 bits per heavy atom. The molecule has 5 nitrogen and oxygen atoms in total. The largest absolute Gasteiger partial charge is 0.454 e. The van der Waals surface area contributed by atoms with E-state index >= 15 is 0 Å². The number of carbonyl (C=O) groups is 2. The maximum atomic E-state index is 12.9. The van der Waals surface area contributed by atoms with Crippen molar-refractivity contribution in [1.29, 1.82) is 0 Å². The van der Waals surface area contributed by atoms with Crippen molar-refractivity contribution in [2.45, 2.75) is 0 Å². The van der Waals surface area contributed by atoms with E-state index in [4.69, 9.17) is 9.15 Å². The second-order valence-corrected chi connectivity index (χ2v) is 7.64. The zero-order valence-corrected chi connectivity index (χ0v) is 16.5. The normalized spacial score (nSPS) is 11.1. The van der Waals surface area contributed by atoms with Gasteiger partial charge in [-0.25, -0.2) is 9.78 Å². The number of nitrogens with zero attached hydrogens (tertiary/aromatic N) is 1. The fourth-order valence-corrected chi connectivity index (χ4v) is 3.98. The molecular weight excluding hydrogens is 398 g/mol. The van der Waals surface area contributed by atoms with Gasteiger partial charge in [0.1, 0.15) is 5.58 Å². The number of carbonyl (C=O) groups excluding carboxylic acids is 2. The summed E-state index contributed by atoms with van der Waals surface area (Å²) in [5.41, 5.74) is 2.38. The zero-order chi connectivity index (χ0) is 20.5. The van der Waals surface area contributed by atoms with Crippen LogP contribution in [0.3, 0.4) is 0 Å². The highest BCUT2D eigenvalue weighted by atomic mass is 32.1. The third-order valence-corrected chi connectivity index (χ3v) is 5.64. The Morgan fingerprint density at radius 1 is 0.967 bits per heavy atom. The third-order valence-electron chi connectivity index (χ3n) is 4.74. The van der Waals surface area contributed by atoms with Crippen LogP contribution in [0.25, 0.3) is 32.4 Å². The summed E-state index contributed by atoms with van der Waals surface area (Å²) in [6.07, 6.45) is 0. The lowest BCUT2D eigenvalue weighted by Crippen LogP contribution is -2.14. The van der Waals surface area contributed by atoms with Crippen molar-refractivity contribution in [3.8, 4) is 10.6 Å². The van der Waals surface area contributed by atoms with E-state index in [9.17, 15) is 9.59 Å². The summed E-state index contributed by atoms with van der Waals surface area (Å²) in [4.78, 5) is 30.9. The third kappa shape index (κ3) is 3.38. The van der Waals surface area contributed by atoms with Crippen molar-refractivity contribution in [2.75, 3.05) is 6.61 Å². The molecule has 5 rings (SSSR count). The number of rotatable bonds is 5. The van der Waals surface area contributed by atoms with Gasteiger partial charge in [-0.15, -0.1) is 11.3 Å². The van der Waals surface area contributed by atoms with Crippen molar-refractivity contribution >= 4 is 45.0 Å². The molecule has 0 bridgehead atoms. The molecule has 0 fully saturated rings. The molecule has 30 heavy (non-hydrogen) atoms. The second-order valence-electron chi connectivity index (χ2n) is 6.70. The number of fused-ring (bicyclic) bond motifs is 2. The molecule has 0 aliphatic rings. The number of thiophene rings is 1. The van der Waals surface area contributed by atoms with E-state index in [1.54, 1.807) is 29.5 Å². The highest BCUT2D eigenvalue weighted by Crippen LogP contribution is 2.28. The van der Waals surface area contributed by atoms with Crippen LogP contribution in [0.1, 0.15) is 20.9 Å². The van der Waals surface area contributed by atoms with Crippen molar-refractivity contribution in [1.82, 2.24) is 4.98 Å². The summed E-state index contributed by atoms with van der Waals surface area (Å²) in [6, 6.07) is 22.0. The van der Waals surface area contributed by atoms with Gasteiger partial charge in [-0.1, -0.05) is 42.5 Å². The maximum absolute atomic E-state index is 12.9. The lowest BCUT2D eigenvalue weighted by atomic mass is 10.1. The predicted octanol–water partition coefficient (Wildman–Crippen LogP) is 5.75. The lowest BCUT2D eigenvalue weighted by molar-refractivity contribution is 0.0470. The first-order valence-corrected chi connectivity index (χ1v) is 10.2. The van der Waals surface area contributed by atoms with Crippen LogP contribution in [0.15, 0.2) is 82.6 Å². The number of aromatic nitrogens is 1. The average Bonchev–Trinajstić information content (AvgIpc) is 3.46. The summed E-state index contributed by atoms with van der Waals surface area (Å²) in [7, 11) is 0. The summed E-state index contributed by atoms with van der Waals surface area (Å²) in [5, 5.41) is 3.46. The van der Waals surface area contributed by atoms with Gasteiger partial charge in [0, 0.05) is 10.8 Å². The first kappa shape index (κ1) is 18.3. The fraction of sp³-hybridized carbons (Fsp3) is 0.0417. The average molecular weight is 413 g/mol.